The summed E-state index contributed by atoms with van der Waals surface area (Å²) >= 11 is 0. The van der Waals surface area contributed by atoms with E-state index in [1.54, 1.807) is 14.2 Å². The minimum atomic E-state index is 0.0833. The Labute approximate surface area is 160 Å². The molecule has 0 radical (unpaired) electrons. The van der Waals surface area contributed by atoms with Gasteiger partial charge in [0.25, 0.3) is 0 Å². The third kappa shape index (κ3) is 4.35. The Morgan fingerprint density at radius 3 is 2.48 bits per heavy atom. The molecular weight excluding hydrogens is 342 g/mol. The summed E-state index contributed by atoms with van der Waals surface area (Å²) in [7, 11) is 3.25. The van der Waals surface area contributed by atoms with Crippen molar-refractivity contribution in [3.63, 3.8) is 0 Å². The fourth-order valence-electron chi connectivity index (χ4n) is 3.62. The number of benzene rings is 2. The van der Waals surface area contributed by atoms with Crippen LogP contribution in [0.5, 0.6) is 17.2 Å². The van der Waals surface area contributed by atoms with Gasteiger partial charge in [0.15, 0.2) is 11.5 Å². The van der Waals surface area contributed by atoms with Gasteiger partial charge >= 0.3 is 0 Å². The van der Waals surface area contributed by atoms with Crippen molar-refractivity contribution >= 4 is 5.91 Å². The maximum Gasteiger partial charge on any atom is 0.227 e. The Bertz CT molecular complexity index is 772. The molecule has 3 rings (SSSR count). The topological polar surface area (TPSA) is 48.0 Å². The van der Waals surface area contributed by atoms with E-state index in [0.29, 0.717) is 24.5 Å². The molecule has 1 aliphatic heterocycles. The van der Waals surface area contributed by atoms with Gasteiger partial charge in [0.1, 0.15) is 5.75 Å². The second-order valence-corrected chi connectivity index (χ2v) is 6.61. The molecule has 0 N–H and O–H groups in total. The largest absolute Gasteiger partial charge is 0.494 e. The summed E-state index contributed by atoms with van der Waals surface area (Å²) in [6.07, 6.45) is 2.37. The summed E-state index contributed by atoms with van der Waals surface area (Å²) in [6, 6.07) is 13.8. The van der Waals surface area contributed by atoms with Gasteiger partial charge in [-0.15, -0.1) is 0 Å². The number of hydrogen-bond acceptors (Lipinski definition) is 4. The number of nitrogens with zero attached hydrogens (tertiary/aromatic N) is 1. The summed E-state index contributed by atoms with van der Waals surface area (Å²) in [5.41, 5.74) is 2.09. The van der Waals surface area contributed by atoms with Gasteiger partial charge in [-0.05, 0) is 55.2 Å². The minimum absolute atomic E-state index is 0.0833. The highest BCUT2D eigenvalue weighted by Crippen LogP contribution is 2.37. The average Bonchev–Trinajstić information content (AvgIpc) is 3.19. The van der Waals surface area contributed by atoms with Gasteiger partial charge in [0.2, 0.25) is 5.91 Å². The number of rotatable bonds is 7. The van der Waals surface area contributed by atoms with E-state index in [2.05, 4.69) is 0 Å². The lowest BCUT2D eigenvalue weighted by Gasteiger charge is -2.26. The van der Waals surface area contributed by atoms with Gasteiger partial charge in [0.05, 0.1) is 33.3 Å². The van der Waals surface area contributed by atoms with Crippen molar-refractivity contribution in [2.24, 2.45) is 0 Å². The van der Waals surface area contributed by atoms with Crippen LogP contribution in [0.25, 0.3) is 0 Å². The fraction of sp³-hybridized carbons (Fsp3) is 0.409. The summed E-state index contributed by atoms with van der Waals surface area (Å²) in [4.78, 5) is 14.9. The molecule has 0 spiro atoms. The summed E-state index contributed by atoms with van der Waals surface area (Å²) in [5.74, 6) is 2.38. The molecule has 144 valence electrons. The van der Waals surface area contributed by atoms with Crippen molar-refractivity contribution < 1.29 is 19.0 Å². The molecule has 0 saturated carbocycles. The van der Waals surface area contributed by atoms with Crippen LogP contribution in [0.1, 0.15) is 36.9 Å². The van der Waals surface area contributed by atoms with Crippen LogP contribution < -0.4 is 14.2 Å². The molecule has 1 aliphatic rings. The number of carbonyl (C=O) groups is 1. The van der Waals surface area contributed by atoms with Gasteiger partial charge in [-0.25, -0.2) is 0 Å². The predicted octanol–water partition coefficient (Wildman–Crippen LogP) is 4.01. The van der Waals surface area contributed by atoms with Crippen LogP contribution in [0.3, 0.4) is 0 Å². The first-order valence-corrected chi connectivity index (χ1v) is 9.39. The summed E-state index contributed by atoms with van der Waals surface area (Å²) in [6.45, 7) is 3.38. The molecule has 5 nitrogen and oxygen atoms in total. The highest BCUT2D eigenvalue weighted by Gasteiger charge is 2.30. The van der Waals surface area contributed by atoms with Crippen LogP contribution >= 0.6 is 0 Å². The quantitative estimate of drug-likeness (QED) is 0.740. The smallest absolute Gasteiger partial charge is 0.227 e. The maximum absolute atomic E-state index is 12.9. The number of amides is 1. The highest BCUT2D eigenvalue weighted by atomic mass is 16.5. The Balaban J connectivity index is 1.72. The standard InChI is InChI=1S/C22H27NO4/c1-4-27-18-10-7-16(8-11-18)14-22(24)23-13-5-6-19(23)17-9-12-20(25-2)21(15-17)26-3/h7-12,15,19H,4-6,13-14H2,1-3H3. The van der Waals surface area contributed by atoms with Crippen molar-refractivity contribution in [2.45, 2.75) is 32.2 Å². The molecule has 27 heavy (non-hydrogen) atoms. The second-order valence-electron chi connectivity index (χ2n) is 6.61. The zero-order valence-electron chi connectivity index (χ0n) is 16.2. The molecule has 5 heteroatoms. The molecule has 1 atom stereocenters. The van der Waals surface area contributed by atoms with E-state index in [-0.39, 0.29) is 11.9 Å². The van der Waals surface area contributed by atoms with E-state index in [9.17, 15) is 4.79 Å². The van der Waals surface area contributed by atoms with Gasteiger partial charge in [-0.3, -0.25) is 4.79 Å². The van der Waals surface area contributed by atoms with E-state index in [4.69, 9.17) is 14.2 Å². The SMILES string of the molecule is CCOc1ccc(CC(=O)N2CCCC2c2ccc(OC)c(OC)c2)cc1. The Hall–Kier alpha value is -2.69. The summed E-state index contributed by atoms with van der Waals surface area (Å²) in [5, 5.41) is 0. The normalized spacial score (nSPS) is 16.3. The zero-order valence-corrected chi connectivity index (χ0v) is 16.2. The van der Waals surface area contributed by atoms with Crippen LogP contribution in [-0.2, 0) is 11.2 Å². The first-order valence-electron chi connectivity index (χ1n) is 9.39. The van der Waals surface area contributed by atoms with E-state index >= 15 is 0 Å². The molecule has 1 amide bonds. The third-order valence-corrected chi connectivity index (χ3v) is 4.96. The molecule has 1 unspecified atom stereocenters. The second kappa shape index (κ2) is 8.80. The first kappa shape index (κ1) is 19.1. The van der Waals surface area contributed by atoms with Crippen LogP contribution in [0.2, 0.25) is 0 Å². The fourth-order valence-corrected chi connectivity index (χ4v) is 3.62. The predicted molar refractivity (Wildman–Crippen MR) is 105 cm³/mol. The van der Waals surface area contributed by atoms with Crippen LogP contribution in [0.4, 0.5) is 0 Å². The van der Waals surface area contributed by atoms with Gasteiger partial charge in [-0.1, -0.05) is 18.2 Å². The highest BCUT2D eigenvalue weighted by molar-refractivity contribution is 5.79. The maximum atomic E-state index is 12.9. The van der Waals surface area contributed by atoms with E-state index in [1.165, 1.54) is 0 Å². The van der Waals surface area contributed by atoms with Crippen LogP contribution in [-0.4, -0.2) is 38.2 Å². The number of hydrogen-bond donors (Lipinski definition) is 0. The molecule has 0 aromatic heterocycles. The monoisotopic (exact) mass is 369 g/mol. The van der Waals surface area contributed by atoms with Crippen molar-refractivity contribution in [3.05, 3.63) is 53.6 Å². The molecule has 0 bridgehead atoms. The van der Waals surface area contributed by atoms with E-state index < -0.39 is 0 Å². The van der Waals surface area contributed by atoms with Crippen molar-refractivity contribution in [2.75, 3.05) is 27.4 Å². The molecule has 2 aromatic rings. The van der Waals surface area contributed by atoms with E-state index in [0.717, 1.165) is 36.3 Å². The third-order valence-electron chi connectivity index (χ3n) is 4.96. The molecule has 1 heterocycles. The Morgan fingerprint density at radius 1 is 1.07 bits per heavy atom. The molecule has 2 aromatic carbocycles. The van der Waals surface area contributed by atoms with Gasteiger partial charge in [0, 0.05) is 6.54 Å². The van der Waals surface area contributed by atoms with Crippen LogP contribution in [0.15, 0.2) is 42.5 Å². The van der Waals surface area contributed by atoms with E-state index in [1.807, 2.05) is 54.3 Å². The van der Waals surface area contributed by atoms with Crippen LogP contribution in [0, 0.1) is 0 Å². The lowest BCUT2D eigenvalue weighted by molar-refractivity contribution is -0.131. The molecular formula is C22H27NO4. The number of ether oxygens (including phenoxy) is 3. The van der Waals surface area contributed by atoms with Gasteiger partial charge < -0.3 is 19.1 Å². The summed E-state index contributed by atoms with van der Waals surface area (Å²) < 4.78 is 16.2. The molecule has 1 saturated heterocycles. The first-order chi connectivity index (χ1) is 13.2. The van der Waals surface area contributed by atoms with Gasteiger partial charge in [-0.2, -0.15) is 0 Å². The lowest BCUT2D eigenvalue weighted by Crippen LogP contribution is -2.31. The van der Waals surface area contributed by atoms with Crippen molar-refractivity contribution in [1.82, 2.24) is 4.90 Å². The molecule has 1 fully saturated rings. The van der Waals surface area contributed by atoms with Crippen molar-refractivity contribution in [1.29, 1.82) is 0 Å². The molecule has 0 aliphatic carbocycles. The number of carbonyl (C=O) groups excluding carboxylic acids is 1. The zero-order chi connectivity index (χ0) is 19.2. The Kier molecular flexibility index (Phi) is 6.22. The minimum Gasteiger partial charge on any atom is -0.494 e. The average molecular weight is 369 g/mol. The number of likely N-dealkylation sites (tertiary alicyclic amines) is 1. The number of methoxy groups -OCH3 is 2. The lowest BCUT2D eigenvalue weighted by atomic mass is 10.0. The Morgan fingerprint density at radius 2 is 1.81 bits per heavy atom. The van der Waals surface area contributed by atoms with Crippen molar-refractivity contribution in [3.8, 4) is 17.2 Å².